The van der Waals surface area contributed by atoms with Crippen molar-refractivity contribution >= 4 is 21.6 Å². The Labute approximate surface area is 126 Å². The fraction of sp³-hybridized carbons (Fsp3) is 0.600. The normalized spacial score (nSPS) is 24.0. The molecule has 20 heavy (non-hydrogen) atoms. The van der Waals surface area contributed by atoms with E-state index in [1.807, 2.05) is 4.90 Å². The summed E-state index contributed by atoms with van der Waals surface area (Å²) in [6.07, 6.45) is -3.23. The Morgan fingerprint density at radius 3 is 2.30 bits per heavy atom. The average Bonchev–Trinajstić information content (AvgIpc) is 2.35. The molecule has 1 nitrogen and oxygen atoms in total. The zero-order valence-corrected chi connectivity index (χ0v) is 13.3. The van der Waals surface area contributed by atoms with Gasteiger partial charge in [0.25, 0.3) is 0 Å². The first-order valence-electron chi connectivity index (χ1n) is 6.82. The van der Waals surface area contributed by atoms with E-state index in [9.17, 15) is 13.2 Å². The van der Waals surface area contributed by atoms with Gasteiger partial charge in [-0.05, 0) is 36.0 Å². The Balaban J connectivity index is 2.40. The summed E-state index contributed by atoms with van der Waals surface area (Å²) >= 11 is 3.22. The predicted octanol–water partition coefficient (Wildman–Crippen LogP) is 5.08. The Hall–Kier alpha value is -0.710. The minimum atomic E-state index is -4.31. The van der Waals surface area contributed by atoms with Crippen LogP contribution in [0.3, 0.4) is 0 Å². The molecule has 0 amide bonds. The van der Waals surface area contributed by atoms with E-state index < -0.39 is 11.7 Å². The molecule has 2 rings (SSSR count). The standard InChI is InChI=1S/C15H19BrF3N/c1-10-5-11(2)9-20(8-10)14-4-3-12(7-16)6-13(14)15(17,18)19/h3-4,6,10-11H,5,7-9H2,1-2H3. The van der Waals surface area contributed by atoms with Crippen LogP contribution in [0, 0.1) is 11.8 Å². The van der Waals surface area contributed by atoms with Gasteiger partial charge in [0.15, 0.2) is 0 Å². The van der Waals surface area contributed by atoms with Crippen molar-refractivity contribution < 1.29 is 13.2 Å². The zero-order chi connectivity index (χ0) is 14.9. The molecule has 112 valence electrons. The Kier molecular flexibility index (Phi) is 4.67. The highest BCUT2D eigenvalue weighted by Gasteiger charge is 2.36. The molecule has 1 aromatic carbocycles. The van der Waals surface area contributed by atoms with Gasteiger partial charge in [-0.3, -0.25) is 0 Å². The maximum atomic E-state index is 13.3. The summed E-state index contributed by atoms with van der Waals surface area (Å²) in [4.78, 5) is 1.89. The van der Waals surface area contributed by atoms with E-state index in [0.29, 0.717) is 41.5 Å². The average molecular weight is 350 g/mol. The molecule has 0 aliphatic carbocycles. The van der Waals surface area contributed by atoms with Crippen LogP contribution in [0.15, 0.2) is 18.2 Å². The van der Waals surface area contributed by atoms with E-state index in [1.54, 1.807) is 12.1 Å². The van der Waals surface area contributed by atoms with Crippen molar-refractivity contribution in [1.82, 2.24) is 0 Å². The Morgan fingerprint density at radius 1 is 1.20 bits per heavy atom. The van der Waals surface area contributed by atoms with Crippen LogP contribution in [0.1, 0.15) is 31.4 Å². The predicted molar refractivity (Wildman–Crippen MR) is 79.2 cm³/mol. The number of benzene rings is 1. The third-order valence-electron chi connectivity index (χ3n) is 3.73. The lowest BCUT2D eigenvalue weighted by molar-refractivity contribution is -0.137. The molecule has 0 bridgehead atoms. The molecule has 1 saturated heterocycles. The molecular formula is C15H19BrF3N. The van der Waals surface area contributed by atoms with Crippen LogP contribution in [0.2, 0.25) is 0 Å². The lowest BCUT2D eigenvalue weighted by Crippen LogP contribution is -2.39. The molecule has 1 aliphatic rings. The topological polar surface area (TPSA) is 3.24 Å². The molecular weight excluding hydrogens is 331 g/mol. The second kappa shape index (κ2) is 5.96. The van der Waals surface area contributed by atoms with Crippen molar-refractivity contribution in [2.24, 2.45) is 11.8 Å². The van der Waals surface area contributed by atoms with Gasteiger partial charge >= 0.3 is 6.18 Å². The lowest BCUT2D eigenvalue weighted by atomic mass is 9.91. The Bertz CT molecular complexity index is 463. The van der Waals surface area contributed by atoms with Crippen molar-refractivity contribution in [3.8, 4) is 0 Å². The summed E-state index contributed by atoms with van der Waals surface area (Å²) in [6, 6.07) is 4.64. The van der Waals surface area contributed by atoms with Gasteiger partial charge in [0.05, 0.1) is 5.56 Å². The van der Waals surface area contributed by atoms with Crippen LogP contribution in [0.4, 0.5) is 18.9 Å². The van der Waals surface area contributed by atoms with Crippen molar-refractivity contribution in [2.75, 3.05) is 18.0 Å². The Morgan fingerprint density at radius 2 is 1.80 bits per heavy atom. The van der Waals surface area contributed by atoms with E-state index in [0.717, 1.165) is 6.42 Å². The van der Waals surface area contributed by atoms with Gasteiger partial charge in [0.1, 0.15) is 0 Å². The van der Waals surface area contributed by atoms with Gasteiger partial charge in [-0.1, -0.05) is 35.8 Å². The zero-order valence-electron chi connectivity index (χ0n) is 11.7. The first-order chi connectivity index (χ1) is 9.31. The minimum absolute atomic E-state index is 0.320. The molecule has 1 fully saturated rings. The van der Waals surface area contributed by atoms with Gasteiger partial charge in [-0.2, -0.15) is 13.2 Å². The number of rotatable bonds is 2. The van der Waals surface area contributed by atoms with Crippen molar-refractivity contribution in [1.29, 1.82) is 0 Å². The molecule has 2 atom stereocenters. The highest BCUT2D eigenvalue weighted by molar-refractivity contribution is 9.08. The lowest BCUT2D eigenvalue weighted by Gasteiger charge is -2.38. The van der Waals surface area contributed by atoms with Gasteiger partial charge in [0, 0.05) is 24.1 Å². The number of hydrogen-bond acceptors (Lipinski definition) is 1. The van der Waals surface area contributed by atoms with Crippen LogP contribution in [-0.2, 0) is 11.5 Å². The highest BCUT2D eigenvalue weighted by atomic mass is 79.9. The SMILES string of the molecule is CC1CC(C)CN(c2ccc(CBr)cc2C(F)(F)F)C1. The highest BCUT2D eigenvalue weighted by Crippen LogP contribution is 2.39. The quantitative estimate of drug-likeness (QED) is 0.672. The molecule has 1 aromatic rings. The molecule has 0 N–H and O–H groups in total. The van der Waals surface area contributed by atoms with E-state index in [1.165, 1.54) is 6.07 Å². The van der Waals surface area contributed by atoms with Crippen LogP contribution >= 0.6 is 15.9 Å². The van der Waals surface area contributed by atoms with Crippen molar-refractivity contribution in [3.63, 3.8) is 0 Å². The maximum absolute atomic E-state index is 13.3. The summed E-state index contributed by atoms with van der Waals surface area (Å²) < 4.78 is 39.8. The summed E-state index contributed by atoms with van der Waals surface area (Å²) in [7, 11) is 0. The third kappa shape index (κ3) is 3.48. The smallest absolute Gasteiger partial charge is 0.371 e. The number of piperidine rings is 1. The van der Waals surface area contributed by atoms with Crippen molar-refractivity contribution in [3.05, 3.63) is 29.3 Å². The van der Waals surface area contributed by atoms with Crippen LogP contribution in [0.5, 0.6) is 0 Å². The summed E-state index contributed by atoms with van der Waals surface area (Å²) in [5.41, 5.74) is 0.454. The van der Waals surface area contributed by atoms with Gasteiger partial charge in [0.2, 0.25) is 0 Å². The number of anilines is 1. The molecule has 2 unspecified atom stereocenters. The van der Waals surface area contributed by atoms with Crippen molar-refractivity contribution in [2.45, 2.75) is 31.8 Å². The monoisotopic (exact) mass is 349 g/mol. The van der Waals surface area contributed by atoms with E-state index in [2.05, 4.69) is 29.8 Å². The summed E-state index contributed by atoms with van der Waals surface area (Å²) in [6.45, 7) is 5.59. The molecule has 5 heteroatoms. The fourth-order valence-electron chi connectivity index (χ4n) is 3.03. The molecule has 0 spiro atoms. The minimum Gasteiger partial charge on any atom is -0.371 e. The molecule has 1 aliphatic heterocycles. The van der Waals surface area contributed by atoms with Crippen LogP contribution in [-0.4, -0.2) is 13.1 Å². The summed E-state index contributed by atoms with van der Waals surface area (Å²) in [5, 5.41) is 0.434. The molecule has 0 saturated carbocycles. The number of hydrogen-bond donors (Lipinski definition) is 0. The second-order valence-electron chi connectivity index (χ2n) is 5.83. The maximum Gasteiger partial charge on any atom is 0.418 e. The van der Waals surface area contributed by atoms with Crippen LogP contribution in [0.25, 0.3) is 0 Å². The largest absolute Gasteiger partial charge is 0.418 e. The second-order valence-corrected chi connectivity index (χ2v) is 6.39. The fourth-order valence-corrected chi connectivity index (χ4v) is 3.38. The first kappa shape index (κ1) is 15.7. The third-order valence-corrected chi connectivity index (χ3v) is 4.38. The van der Waals surface area contributed by atoms with Gasteiger partial charge in [-0.25, -0.2) is 0 Å². The van der Waals surface area contributed by atoms with Gasteiger partial charge in [-0.15, -0.1) is 0 Å². The summed E-state index contributed by atoms with van der Waals surface area (Å²) in [5.74, 6) is 0.853. The number of alkyl halides is 4. The molecule has 0 aromatic heterocycles. The van der Waals surface area contributed by atoms with Crippen LogP contribution < -0.4 is 4.90 Å². The number of halogens is 4. The van der Waals surface area contributed by atoms with E-state index in [4.69, 9.17) is 0 Å². The number of nitrogens with zero attached hydrogens (tertiary/aromatic N) is 1. The molecule has 1 heterocycles. The van der Waals surface area contributed by atoms with E-state index in [-0.39, 0.29) is 0 Å². The van der Waals surface area contributed by atoms with E-state index >= 15 is 0 Å². The first-order valence-corrected chi connectivity index (χ1v) is 7.94. The molecule has 0 radical (unpaired) electrons. The van der Waals surface area contributed by atoms with Gasteiger partial charge < -0.3 is 4.90 Å².